The zero-order valence-corrected chi connectivity index (χ0v) is 18.3. The number of ketones is 2. The first-order chi connectivity index (χ1) is 14.8. The van der Waals surface area contributed by atoms with Gasteiger partial charge in [-0.15, -0.1) is 0 Å². The lowest BCUT2D eigenvalue weighted by Crippen LogP contribution is -2.26. The van der Waals surface area contributed by atoms with E-state index in [0.29, 0.717) is 0 Å². The highest BCUT2D eigenvalue weighted by Gasteiger charge is 2.42. The number of fused-ring (bicyclic) bond motifs is 2. The lowest BCUT2D eigenvalue weighted by atomic mass is 9.81. The topological polar surface area (TPSA) is 207 Å². The Kier molecular flexibility index (Phi) is 5.67. The Morgan fingerprint density at radius 1 is 0.688 bits per heavy atom. The van der Waals surface area contributed by atoms with Crippen LogP contribution in [0.5, 0.6) is 11.5 Å². The van der Waals surface area contributed by atoms with Crippen molar-refractivity contribution in [1.29, 1.82) is 0 Å². The van der Waals surface area contributed by atoms with E-state index < -0.39 is 75.3 Å². The van der Waals surface area contributed by atoms with E-state index in [2.05, 4.69) is 10.6 Å². The van der Waals surface area contributed by atoms with Crippen LogP contribution in [0.1, 0.15) is 45.7 Å². The first-order valence-electron chi connectivity index (χ1n) is 9.07. The fraction of sp³-hybridized carbons (Fsp3) is 0.222. The zero-order valence-electron chi connectivity index (χ0n) is 16.6. The molecule has 0 bridgehead atoms. The molecule has 12 nitrogen and oxygen atoms in total. The molecule has 0 aromatic heterocycles. The van der Waals surface area contributed by atoms with Crippen LogP contribution in [-0.2, 0) is 20.2 Å². The summed E-state index contributed by atoms with van der Waals surface area (Å²) < 4.78 is 65.8. The zero-order chi connectivity index (χ0) is 24.2. The molecule has 0 fully saturated rings. The van der Waals surface area contributed by atoms with Crippen molar-refractivity contribution in [3.63, 3.8) is 0 Å². The lowest BCUT2D eigenvalue weighted by Gasteiger charge is -2.25. The molecule has 2 aromatic rings. The van der Waals surface area contributed by atoms with E-state index in [1.54, 1.807) is 13.8 Å². The number of hydrogen-bond acceptors (Lipinski definition) is 10. The number of phenolic OH excluding ortho intramolecular Hbond substituents is 2. The summed E-state index contributed by atoms with van der Waals surface area (Å²) in [6.07, 6.45) is 0. The predicted molar refractivity (Wildman–Crippen MR) is 111 cm³/mol. The SMILES string of the molecule is CCNc1cc(S(=O)(=O)O)c(O)c2c1C(=O)c1c(NCC)cc(S(=O)(=O)O)c(O)c1C2=O. The minimum Gasteiger partial charge on any atom is -0.506 e. The van der Waals surface area contributed by atoms with E-state index in [1.165, 1.54) is 0 Å². The maximum atomic E-state index is 13.4. The second-order valence-corrected chi connectivity index (χ2v) is 9.49. The van der Waals surface area contributed by atoms with E-state index >= 15 is 0 Å². The molecular weight excluding hydrogens is 468 g/mol. The first-order valence-corrected chi connectivity index (χ1v) is 12.0. The Morgan fingerprint density at radius 3 is 1.28 bits per heavy atom. The third kappa shape index (κ3) is 3.56. The lowest BCUT2D eigenvalue weighted by molar-refractivity contribution is 0.0974. The highest BCUT2D eigenvalue weighted by molar-refractivity contribution is 7.86. The average molecular weight is 486 g/mol. The van der Waals surface area contributed by atoms with Crippen molar-refractivity contribution in [1.82, 2.24) is 0 Å². The summed E-state index contributed by atoms with van der Waals surface area (Å²) in [6.45, 7) is 3.51. The Hall–Kier alpha value is -3.20. The number of phenols is 2. The molecule has 2 aromatic carbocycles. The minimum absolute atomic E-state index is 0.156. The third-order valence-corrected chi connectivity index (χ3v) is 6.46. The molecule has 0 aliphatic heterocycles. The second-order valence-electron chi connectivity index (χ2n) is 6.71. The van der Waals surface area contributed by atoms with Crippen LogP contribution in [0.2, 0.25) is 0 Å². The molecule has 14 heteroatoms. The van der Waals surface area contributed by atoms with Gasteiger partial charge in [-0.05, 0) is 26.0 Å². The smallest absolute Gasteiger partial charge is 0.298 e. The summed E-state index contributed by atoms with van der Waals surface area (Å²) >= 11 is 0. The van der Waals surface area contributed by atoms with Crippen LogP contribution in [0.15, 0.2) is 21.9 Å². The molecule has 1 aliphatic carbocycles. The second kappa shape index (κ2) is 7.74. The van der Waals surface area contributed by atoms with Crippen molar-refractivity contribution < 1.29 is 45.7 Å². The number of nitrogens with one attached hydrogen (secondary N) is 2. The van der Waals surface area contributed by atoms with Gasteiger partial charge in [0.2, 0.25) is 5.78 Å². The summed E-state index contributed by atoms with van der Waals surface area (Å²) in [4.78, 5) is 24.5. The molecule has 0 radical (unpaired) electrons. The van der Waals surface area contributed by atoms with Gasteiger partial charge in [0.05, 0.1) is 22.3 Å². The number of carbonyl (C=O) groups is 2. The van der Waals surface area contributed by atoms with Crippen molar-refractivity contribution in [2.45, 2.75) is 23.6 Å². The number of carbonyl (C=O) groups excluding carboxylic acids is 2. The quantitative estimate of drug-likeness (QED) is 0.215. The summed E-state index contributed by atoms with van der Waals surface area (Å²) in [5, 5.41) is 26.3. The Labute approximate surface area is 182 Å². The van der Waals surface area contributed by atoms with Crippen LogP contribution in [0.4, 0.5) is 11.4 Å². The third-order valence-electron chi connectivity index (χ3n) is 4.73. The molecule has 0 spiro atoms. The van der Waals surface area contributed by atoms with Crippen molar-refractivity contribution in [2.24, 2.45) is 0 Å². The number of aromatic hydroxyl groups is 2. The number of hydrogen-bond donors (Lipinski definition) is 6. The van der Waals surface area contributed by atoms with Crippen LogP contribution >= 0.6 is 0 Å². The molecule has 32 heavy (non-hydrogen) atoms. The van der Waals surface area contributed by atoms with Gasteiger partial charge < -0.3 is 20.8 Å². The molecule has 172 valence electrons. The minimum atomic E-state index is -5.05. The molecule has 3 rings (SSSR count). The van der Waals surface area contributed by atoms with Crippen LogP contribution in [0.25, 0.3) is 0 Å². The average Bonchev–Trinajstić information content (AvgIpc) is 2.66. The van der Waals surface area contributed by atoms with E-state index in [9.17, 15) is 45.7 Å². The predicted octanol–water partition coefficient (Wildman–Crippen LogP) is 1.23. The van der Waals surface area contributed by atoms with Gasteiger partial charge in [0.15, 0.2) is 5.78 Å². The first kappa shape index (κ1) is 23.5. The molecule has 1 aliphatic rings. The van der Waals surface area contributed by atoms with Crippen LogP contribution in [0.3, 0.4) is 0 Å². The fourth-order valence-corrected chi connectivity index (χ4v) is 4.74. The molecule has 0 saturated carbocycles. The van der Waals surface area contributed by atoms with Gasteiger partial charge in [-0.2, -0.15) is 16.8 Å². The van der Waals surface area contributed by atoms with Gasteiger partial charge in [-0.25, -0.2) is 0 Å². The Balaban J connectivity index is 2.53. The molecule has 6 N–H and O–H groups in total. The normalized spacial score (nSPS) is 13.5. The summed E-state index contributed by atoms with van der Waals surface area (Å²) in [6, 6.07) is 1.56. The number of benzene rings is 2. The van der Waals surface area contributed by atoms with Crippen LogP contribution in [-0.4, -0.2) is 60.8 Å². The van der Waals surface area contributed by atoms with Gasteiger partial charge in [0, 0.05) is 24.5 Å². The van der Waals surface area contributed by atoms with Gasteiger partial charge in [0.1, 0.15) is 21.3 Å². The van der Waals surface area contributed by atoms with Crippen molar-refractivity contribution >= 4 is 43.2 Å². The van der Waals surface area contributed by atoms with Gasteiger partial charge in [-0.1, -0.05) is 0 Å². The standard InChI is InChI=1S/C18H18N2O10S2/c1-3-19-7-5-9(31(25,26)27)15(21)13-11(7)17(23)12-8(20-4-2)6-10(32(28,29)30)16(22)14(12)18(13)24/h5-6,19-22H,3-4H2,1-2H3,(H,25,26,27)(H,28,29,30). The maximum Gasteiger partial charge on any atom is 0.298 e. The monoisotopic (exact) mass is 486 g/mol. The van der Waals surface area contributed by atoms with E-state index in [0.717, 1.165) is 12.1 Å². The van der Waals surface area contributed by atoms with E-state index in [4.69, 9.17) is 0 Å². The van der Waals surface area contributed by atoms with E-state index in [1.807, 2.05) is 0 Å². The molecule has 0 unspecified atom stereocenters. The largest absolute Gasteiger partial charge is 0.506 e. The summed E-state index contributed by atoms with van der Waals surface area (Å²) in [5.74, 6) is -4.75. The van der Waals surface area contributed by atoms with E-state index in [-0.39, 0.29) is 24.5 Å². The number of rotatable bonds is 6. The Morgan fingerprint density at radius 2 is 1.00 bits per heavy atom. The fourth-order valence-electron chi connectivity index (χ4n) is 3.51. The van der Waals surface area contributed by atoms with Gasteiger partial charge in [-0.3, -0.25) is 18.7 Å². The van der Waals surface area contributed by atoms with Gasteiger partial charge in [0.25, 0.3) is 20.2 Å². The highest BCUT2D eigenvalue weighted by Crippen LogP contribution is 2.46. The number of anilines is 2. The molecule has 0 atom stereocenters. The summed E-state index contributed by atoms with van der Waals surface area (Å²) in [5.41, 5.74) is -2.99. The highest BCUT2D eigenvalue weighted by atomic mass is 32.2. The van der Waals surface area contributed by atoms with Crippen molar-refractivity contribution in [3.05, 3.63) is 34.4 Å². The molecular formula is C18H18N2O10S2. The van der Waals surface area contributed by atoms with Gasteiger partial charge >= 0.3 is 0 Å². The maximum absolute atomic E-state index is 13.4. The van der Waals surface area contributed by atoms with Crippen LogP contribution in [0, 0.1) is 0 Å². The van der Waals surface area contributed by atoms with Crippen molar-refractivity contribution in [2.75, 3.05) is 23.7 Å². The van der Waals surface area contributed by atoms with Crippen molar-refractivity contribution in [3.8, 4) is 11.5 Å². The summed E-state index contributed by atoms with van der Waals surface area (Å²) in [7, 11) is -10.1. The molecule has 0 amide bonds. The van der Waals surface area contributed by atoms with Crippen LogP contribution < -0.4 is 10.6 Å². The molecule has 0 saturated heterocycles. The Bertz CT molecular complexity index is 1290. The molecule has 0 heterocycles.